The summed E-state index contributed by atoms with van der Waals surface area (Å²) in [5.74, 6) is 0.737. The van der Waals surface area contributed by atoms with Crippen LogP contribution < -0.4 is 4.74 Å². The number of ether oxygens (including phenoxy) is 1. The predicted molar refractivity (Wildman–Crippen MR) is 93.1 cm³/mol. The molecule has 1 atom stereocenters. The van der Waals surface area contributed by atoms with Gasteiger partial charge < -0.3 is 9.84 Å². The van der Waals surface area contributed by atoms with E-state index in [0.29, 0.717) is 0 Å². The van der Waals surface area contributed by atoms with Crippen molar-refractivity contribution in [3.05, 3.63) is 61.0 Å². The molecule has 2 nitrogen and oxygen atoms in total. The molecule has 0 saturated heterocycles. The average Bonchev–Trinajstić information content (AvgIpc) is 2.40. The van der Waals surface area contributed by atoms with Crippen LogP contribution in [0.1, 0.15) is 33.9 Å². The lowest BCUT2D eigenvalue weighted by Gasteiger charge is -2.21. The molecule has 0 aliphatic heterocycles. The Balaban J connectivity index is 2.64. The first kappa shape index (κ1) is 16.5. The molecule has 0 amide bonds. The lowest BCUT2D eigenvalue weighted by molar-refractivity contribution is 0.213. The van der Waals surface area contributed by atoms with E-state index in [-0.39, 0.29) is 0 Å². The first-order valence-corrected chi connectivity index (χ1v) is 8.22. The normalized spacial score (nSPS) is 12.3. The fourth-order valence-corrected chi connectivity index (χ4v) is 3.75. The van der Waals surface area contributed by atoms with Crippen LogP contribution in [0, 0.1) is 20.8 Å². The van der Waals surface area contributed by atoms with Crippen LogP contribution in [0.15, 0.2) is 33.2 Å². The summed E-state index contributed by atoms with van der Waals surface area (Å²) in [6.45, 7) is 5.97. The fraction of sp³-hybridized carbons (Fsp3) is 0.294. The van der Waals surface area contributed by atoms with E-state index in [9.17, 15) is 5.11 Å². The van der Waals surface area contributed by atoms with Gasteiger partial charge in [-0.2, -0.15) is 0 Å². The van der Waals surface area contributed by atoms with E-state index in [4.69, 9.17) is 4.74 Å². The van der Waals surface area contributed by atoms with Gasteiger partial charge in [0.1, 0.15) is 11.9 Å². The second-order valence-electron chi connectivity index (χ2n) is 5.21. The minimum atomic E-state index is -0.729. The molecular weight excluding hydrogens is 396 g/mol. The van der Waals surface area contributed by atoms with Crippen molar-refractivity contribution in [2.75, 3.05) is 7.11 Å². The van der Waals surface area contributed by atoms with E-state index in [1.54, 1.807) is 7.11 Å². The lowest BCUT2D eigenvalue weighted by Crippen LogP contribution is -2.07. The number of methoxy groups -OCH3 is 1. The molecule has 0 radical (unpaired) electrons. The SMILES string of the molecule is COc1c(C)cc(Br)c(C)c1C(O)c1cc(C)cc(Br)c1. The van der Waals surface area contributed by atoms with Crippen molar-refractivity contribution in [2.24, 2.45) is 0 Å². The van der Waals surface area contributed by atoms with Crippen LogP contribution in [0.2, 0.25) is 0 Å². The Kier molecular flexibility index (Phi) is 5.12. The highest BCUT2D eigenvalue weighted by Crippen LogP contribution is 2.39. The van der Waals surface area contributed by atoms with Crippen molar-refractivity contribution in [3.8, 4) is 5.75 Å². The first-order valence-electron chi connectivity index (χ1n) is 6.64. The summed E-state index contributed by atoms with van der Waals surface area (Å²) in [5, 5.41) is 10.9. The summed E-state index contributed by atoms with van der Waals surface area (Å²) >= 11 is 7.04. The third-order valence-corrected chi connectivity index (χ3v) is 4.85. The zero-order chi connectivity index (χ0) is 15.7. The van der Waals surface area contributed by atoms with Crippen LogP contribution in [0.25, 0.3) is 0 Å². The second kappa shape index (κ2) is 6.51. The number of halogens is 2. The summed E-state index contributed by atoms with van der Waals surface area (Å²) in [7, 11) is 1.64. The summed E-state index contributed by atoms with van der Waals surface area (Å²) in [4.78, 5) is 0. The lowest BCUT2D eigenvalue weighted by atomic mass is 9.94. The largest absolute Gasteiger partial charge is 0.496 e. The van der Waals surface area contributed by atoms with Gasteiger partial charge in [-0.3, -0.25) is 0 Å². The maximum Gasteiger partial charge on any atom is 0.128 e. The summed E-state index contributed by atoms with van der Waals surface area (Å²) in [6.07, 6.45) is -0.729. The summed E-state index contributed by atoms with van der Waals surface area (Å²) in [6, 6.07) is 7.96. The third kappa shape index (κ3) is 3.33. The molecule has 0 saturated carbocycles. The number of rotatable bonds is 3. The molecule has 4 heteroatoms. The minimum Gasteiger partial charge on any atom is -0.496 e. The number of aliphatic hydroxyl groups excluding tert-OH is 1. The molecule has 1 unspecified atom stereocenters. The Morgan fingerprint density at radius 3 is 2.29 bits per heavy atom. The number of aliphatic hydroxyl groups is 1. The Labute approximate surface area is 142 Å². The van der Waals surface area contributed by atoms with E-state index in [0.717, 1.165) is 42.5 Å². The van der Waals surface area contributed by atoms with E-state index in [1.807, 2.05) is 45.0 Å². The van der Waals surface area contributed by atoms with Gasteiger partial charge >= 0.3 is 0 Å². The van der Waals surface area contributed by atoms with Crippen LogP contribution >= 0.6 is 31.9 Å². The minimum absolute atomic E-state index is 0.729. The average molecular weight is 414 g/mol. The summed E-state index contributed by atoms with van der Waals surface area (Å²) in [5.41, 5.74) is 4.74. The standard InChI is InChI=1S/C17H18Br2O2/c1-9-5-12(8-13(18)6-9)16(20)15-11(3)14(19)7-10(2)17(15)21-4/h5-8,16,20H,1-4H3. The molecule has 0 aliphatic rings. The van der Waals surface area contributed by atoms with E-state index in [1.165, 1.54) is 0 Å². The van der Waals surface area contributed by atoms with Crippen LogP contribution in [-0.4, -0.2) is 12.2 Å². The topological polar surface area (TPSA) is 29.5 Å². The predicted octanol–water partition coefficient (Wildman–Crippen LogP) is 5.23. The van der Waals surface area contributed by atoms with Gasteiger partial charge in [-0.25, -0.2) is 0 Å². The molecule has 2 aromatic rings. The van der Waals surface area contributed by atoms with E-state index in [2.05, 4.69) is 31.9 Å². The molecule has 0 spiro atoms. The molecule has 0 aliphatic carbocycles. The van der Waals surface area contributed by atoms with Gasteiger partial charge in [0.05, 0.1) is 7.11 Å². The molecule has 0 bridgehead atoms. The number of aryl methyl sites for hydroxylation is 2. The molecule has 0 heterocycles. The molecule has 0 fully saturated rings. The van der Waals surface area contributed by atoms with E-state index < -0.39 is 6.10 Å². The smallest absolute Gasteiger partial charge is 0.128 e. The van der Waals surface area contributed by atoms with Gasteiger partial charge in [0, 0.05) is 14.5 Å². The van der Waals surface area contributed by atoms with Gasteiger partial charge in [-0.05, 0) is 61.2 Å². The maximum atomic E-state index is 10.9. The van der Waals surface area contributed by atoms with Gasteiger partial charge in [-0.1, -0.05) is 37.9 Å². The zero-order valence-corrected chi connectivity index (χ0v) is 15.7. The number of hydrogen-bond donors (Lipinski definition) is 1. The molecule has 21 heavy (non-hydrogen) atoms. The Morgan fingerprint density at radius 1 is 1.05 bits per heavy atom. The monoisotopic (exact) mass is 412 g/mol. The zero-order valence-electron chi connectivity index (χ0n) is 12.5. The maximum absolute atomic E-state index is 10.9. The van der Waals surface area contributed by atoms with Crippen molar-refractivity contribution in [2.45, 2.75) is 26.9 Å². The van der Waals surface area contributed by atoms with Crippen molar-refractivity contribution in [1.29, 1.82) is 0 Å². The molecule has 0 aromatic heterocycles. The third-order valence-electron chi connectivity index (χ3n) is 3.57. The van der Waals surface area contributed by atoms with Crippen molar-refractivity contribution >= 4 is 31.9 Å². The van der Waals surface area contributed by atoms with Crippen LogP contribution in [0.4, 0.5) is 0 Å². The van der Waals surface area contributed by atoms with Crippen molar-refractivity contribution < 1.29 is 9.84 Å². The summed E-state index contributed by atoms with van der Waals surface area (Å²) < 4.78 is 7.45. The fourth-order valence-electron chi connectivity index (χ4n) is 2.56. The highest BCUT2D eigenvalue weighted by Gasteiger charge is 2.22. The molecule has 1 N–H and O–H groups in total. The first-order chi connectivity index (χ1) is 9.85. The Bertz CT molecular complexity index is 661. The van der Waals surface area contributed by atoms with Gasteiger partial charge in [0.2, 0.25) is 0 Å². The Morgan fingerprint density at radius 2 is 1.71 bits per heavy atom. The molecule has 2 rings (SSSR count). The Hall–Kier alpha value is -0.840. The number of hydrogen-bond acceptors (Lipinski definition) is 2. The van der Waals surface area contributed by atoms with Crippen molar-refractivity contribution in [3.63, 3.8) is 0 Å². The van der Waals surface area contributed by atoms with Gasteiger partial charge in [0.15, 0.2) is 0 Å². The van der Waals surface area contributed by atoms with Crippen LogP contribution in [0.3, 0.4) is 0 Å². The molecule has 112 valence electrons. The van der Waals surface area contributed by atoms with Gasteiger partial charge in [-0.15, -0.1) is 0 Å². The highest BCUT2D eigenvalue weighted by atomic mass is 79.9. The molecule has 2 aromatic carbocycles. The van der Waals surface area contributed by atoms with E-state index >= 15 is 0 Å². The van der Waals surface area contributed by atoms with Gasteiger partial charge in [0.25, 0.3) is 0 Å². The quantitative estimate of drug-likeness (QED) is 0.746. The van der Waals surface area contributed by atoms with Crippen molar-refractivity contribution in [1.82, 2.24) is 0 Å². The van der Waals surface area contributed by atoms with Crippen LogP contribution in [-0.2, 0) is 0 Å². The van der Waals surface area contributed by atoms with Crippen LogP contribution in [0.5, 0.6) is 5.75 Å². The highest BCUT2D eigenvalue weighted by molar-refractivity contribution is 9.10. The number of benzene rings is 2. The second-order valence-corrected chi connectivity index (χ2v) is 6.98. The molecular formula is C17H18Br2O2.